The van der Waals surface area contributed by atoms with Crippen LogP contribution in [-0.2, 0) is 9.59 Å². The van der Waals surface area contributed by atoms with Gasteiger partial charge in [-0.05, 0) is 48.7 Å². The third kappa shape index (κ3) is 4.26. The molecule has 6 heteroatoms. The van der Waals surface area contributed by atoms with Gasteiger partial charge in [0, 0.05) is 0 Å². The van der Waals surface area contributed by atoms with Crippen LogP contribution in [-0.4, -0.2) is 24.0 Å². The maximum absolute atomic E-state index is 13.1. The lowest BCUT2D eigenvalue weighted by molar-refractivity contribution is -0.132. The van der Waals surface area contributed by atoms with Crippen LogP contribution in [0.15, 0.2) is 48.5 Å². The number of hydrogen-bond acceptors (Lipinski definition) is 3. The Balaban J connectivity index is 1.70. The molecule has 3 rings (SSSR count). The second-order valence-corrected chi connectivity index (χ2v) is 6.58. The van der Waals surface area contributed by atoms with E-state index < -0.39 is 6.04 Å². The zero-order valence-electron chi connectivity index (χ0n) is 14.8. The Morgan fingerprint density at radius 3 is 2.62 bits per heavy atom. The largest absolute Gasteiger partial charge is 0.348 e. The molecule has 1 heterocycles. The molecule has 26 heavy (non-hydrogen) atoms. The Hall–Kier alpha value is -2.73. The van der Waals surface area contributed by atoms with Crippen LogP contribution in [0, 0.1) is 5.82 Å². The van der Waals surface area contributed by atoms with Gasteiger partial charge < -0.3 is 10.6 Å². The first-order chi connectivity index (χ1) is 12.4. The van der Waals surface area contributed by atoms with E-state index in [-0.39, 0.29) is 36.3 Å². The van der Waals surface area contributed by atoms with E-state index in [4.69, 9.17) is 0 Å². The van der Waals surface area contributed by atoms with Crippen molar-refractivity contribution in [1.82, 2.24) is 16.0 Å². The second kappa shape index (κ2) is 7.66. The molecule has 2 aromatic carbocycles. The maximum Gasteiger partial charge on any atom is 0.238 e. The minimum absolute atomic E-state index is 0.124. The summed E-state index contributed by atoms with van der Waals surface area (Å²) >= 11 is 0. The van der Waals surface area contributed by atoms with Crippen LogP contribution in [0.4, 0.5) is 4.39 Å². The molecule has 0 aromatic heterocycles. The smallest absolute Gasteiger partial charge is 0.238 e. The SMILES string of the molecule is CC1NC(=O)CC(C(=O)NC(C)c2cccc(-c3ccc(F)cc3)c2)N1. The van der Waals surface area contributed by atoms with Crippen LogP contribution in [0.25, 0.3) is 11.1 Å². The molecule has 2 aromatic rings. The van der Waals surface area contributed by atoms with E-state index in [2.05, 4.69) is 16.0 Å². The first kappa shape index (κ1) is 18.1. The highest BCUT2D eigenvalue weighted by molar-refractivity contribution is 5.89. The van der Waals surface area contributed by atoms with Gasteiger partial charge >= 0.3 is 0 Å². The molecule has 2 amide bonds. The average Bonchev–Trinajstić information content (AvgIpc) is 2.61. The number of carbonyl (C=O) groups excluding carboxylic acids is 2. The first-order valence-corrected chi connectivity index (χ1v) is 8.64. The molecule has 0 radical (unpaired) electrons. The number of amides is 2. The highest BCUT2D eigenvalue weighted by Gasteiger charge is 2.29. The molecule has 5 nitrogen and oxygen atoms in total. The van der Waals surface area contributed by atoms with Crippen LogP contribution < -0.4 is 16.0 Å². The van der Waals surface area contributed by atoms with Crippen molar-refractivity contribution in [2.24, 2.45) is 0 Å². The van der Waals surface area contributed by atoms with Gasteiger partial charge in [-0.3, -0.25) is 14.9 Å². The fourth-order valence-corrected chi connectivity index (χ4v) is 3.08. The Labute approximate surface area is 152 Å². The lowest BCUT2D eigenvalue weighted by atomic mass is 9.99. The predicted molar refractivity (Wildman–Crippen MR) is 97.5 cm³/mol. The van der Waals surface area contributed by atoms with E-state index >= 15 is 0 Å². The summed E-state index contributed by atoms with van der Waals surface area (Å²) in [5.41, 5.74) is 2.80. The molecule has 0 spiro atoms. The zero-order chi connectivity index (χ0) is 18.7. The van der Waals surface area contributed by atoms with Gasteiger partial charge in [-0.15, -0.1) is 0 Å². The number of hydrogen-bond donors (Lipinski definition) is 3. The summed E-state index contributed by atoms with van der Waals surface area (Å²) < 4.78 is 13.1. The molecule has 136 valence electrons. The quantitative estimate of drug-likeness (QED) is 0.789. The molecule has 0 saturated carbocycles. The number of rotatable bonds is 4. The molecule has 3 unspecified atom stereocenters. The maximum atomic E-state index is 13.1. The van der Waals surface area contributed by atoms with E-state index in [1.807, 2.05) is 31.2 Å². The van der Waals surface area contributed by atoms with Crippen molar-refractivity contribution in [1.29, 1.82) is 0 Å². The third-order valence-electron chi connectivity index (χ3n) is 4.46. The average molecular weight is 355 g/mol. The van der Waals surface area contributed by atoms with E-state index in [9.17, 15) is 14.0 Å². The second-order valence-electron chi connectivity index (χ2n) is 6.58. The Bertz CT molecular complexity index is 807. The summed E-state index contributed by atoms with van der Waals surface area (Å²) in [4.78, 5) is 24.1. The van der Waals surface area contributed by atoms with Crippen molar-refractivity contribution in [2.45, 2.75) is 38.5 Å². The fraction of sp³-hybridized carbons (Fsp3) is 0.300. The van der Waals surface area contributed by atoms with Crippen molar-refractivity contribution in [2.75, 3.05) is 0 Å². The molecule has 0 aliphatic carbocycles. The Morgan fingerprint density at radius 2 is 1.92 bits per heavy atom. The fourth-order valence-electron chi connectivity index (χ4n) is 3.08. The van der Waals surface area contributed by atoms with Crippen molar-refractivity contribution < 1.29 is 14.0 Å². The molecular formula is C20H22FN3O2. The van der Waals surface area contributed by atoms with Crippen molar-refractivity contribution in [3.63, 3.8) is 0 Å². The van der Waals surface area contributed by atoms with Crippen molar-refractivity contribution >= 4 is 11.8 Å². The normalized spacial score (nSPS) is 21.0. The van der Waals surface area contributed by atoms with Crippen molar-refractivity contribution in [3.05, 3.63) is 59.9 Å². The summed E-state index contributed by atoms with van der Waals surface area (Å²) in [6.45, 7) is 3.70. The van der Waals surface area contributed by atoms with Crippen LogP contribution in [0.1, 0.15) is 31.9 Å². The van der Waals surface area contributed by atoms with Crippen LogP contribution in [0.2, 0.25) is 0 Å². The highest BCUT2D eigenvalue weighted by atomic mass is 19.1. The molecular weight excluding hydrogens is 333 g/mol. The van der Waals surface area contributed by atoms with E-state index in [1.165, 1.54) is 12.1 Å². The highest BCUT2D eigenvalue weighted by Crippen LogP contribution is 2.23. The molecule has 1 saturated heterocycles. The minimum atomic E-state index is -0.540. The first-order valence-electron chi connectivity index (χ1n) is 8.64. The van der Waals surface area contributed by atoms with Crippen LogP contribution in [0.5, 0.6) is 0 Å². The van der Waals surface area contributed by atoms with Gasteiger partial charge in [0.15, 0.2) is 0 Å². The lowest BCUT2D eigenvalue weighted by Gasteiger charge is -2.29. The van der Waals surface area contributed by atoms with Gasteiger partial charge in [0.25, 0.3) is 0 Å². The Kier molecular flexibility index (Phi) is 5.32. The standard InChI is InChI=1S/C20H22FN3O2/c1-12(22-20(26)18-11-19(25)24-13(2)23-18)15-4-3-5-16(10-15)14-6-8-17(21)9-7-14/h3-10,12-13,18,23H,11H2,1-2H3,(H,22,26)(H,24,25). The summed E-state index contributed by atoms with van der Waals surface area (Å²) in [6.07, 6.45) is -0.109. The molecule has 3 N–H and O–H groups in total. The lowest BCUT2D eigenvalue weighted by Crippen LogP contribution is -2.59. The third-order valence-corrected chi connectivity index (χ3v) is 4.46. The number of carbonyl (C=O) groups is 2. The number of nitrogens with one attached hydrogen (secondary N) is 3. The van der Waals surface area contributed by atoms with Gasteiger partial charge in [0.05, 0.1) is 24.7 Å². The van der Waals surface area contributed by atoms with Gasteiger partial charge in [0.1, 0.15) is 5.82 Å². The van der Waals surface area contributed by atoms with Gasteiger partial charge in [-0.25, -0.2) is 4.39 Å². The van der Waals surface area contributed by atoms with E-state index in [0.29, 0.717) is 0 Å². The molecule has 1 aliphatic heterocycles. The van der Waals surface area contributed by atoms with Crippen molar-refractivity contribution in [3.8, 4) is 11.1 Å². The Morgan fingerprint density at radius 1 is 1.19 bits per heavy atom. The zero-order valence-corrected chi connectivity index (χ0v) is 14.8. The van der Waals surface area contributed by atoms with Gasteiger partial charge in [-0.2, -0.15) is 0 Å². The van der Waals surface area contributed by atoms with Gasteiger partial charge in [0.2, 0.25) is 11.8 Å². The van der Waals surface area contributed by atoms with E-state index in [1.54, 1.807) is 19.1 Å². The monoisotopic (exact) mass is 355 g/mol. The summed E-state index contributed by atoms with van der Waals surface area (Å²) in [6, 6.07) is 13.3. The number of benzene rings is 2. The van der Waals surface area contributed by atoms with E-state index in [0.717, 1.165) is 16.7 Å². The summed E-state index contributed by atoms with van der Waals surface area (Å²) in [5, 5.41) is 8.74. The topological polar surface area (TPSA) is 70.2 Å². The predicted octanol–water partition coefficient (Wildman–Crippen LogP) is 2.49. The molecule has 1 fully saturated rings. The minimum Gasteiger partial charge on any atom is -0.348 e. The molecule has 0 bridgehead atoms. The molecule has 1 aliphatic rings. The molecule has 3 atom stereocenters. The van der Waals surface area contributed by atoms with Crippen LogP contribution >= 0.6 is 0 Å². The van der Waals surface area contributed by atoms with Crippen LogP contribution in [0.3, 0.4) is 0 Å². The summed E-state index contributed by atoms with van der Waals surface area (Å²) in [7, 11) is 0. The number of halogens is 1. The summed E-state index contributed by atoms with van der Waals surface area (Å²) in [5.74, 6) is -0.613. The van der Waals surface area contributed by atoms with Gasteiger partial charge in [-0.1, -0.05) is 30.3 Å².